The first-order valence-corrected chi connectivity index (χ1v) is 10.1. The molecule has 1 amide bonds. The molecule has 0 saturated carbocycles. The van der Waals surface area contributed by atoms with E-state index < -0.39 is 22.0 Å². The second-order valence-electron chi connectivity index (χ2n) is 6.40. The highest BCUT2D eigenvalue weighted by atomic mass is 32.2. The van der Waals surface area contributed by atoms with Crippen LogP contribution in [0.15, 0.2) is 41.3 Å². The Labute approximate surface area is 163 Å². The molecular weight excluding hydrogens is 387 g/mol. The van der Waals surface area contributed by atoms with Gasteiger partial charge in [0.25, 0.3) is 0 Å². The fourth-order valence-electron chi connectivity index (χ4n) is 3.09. The Morgan fingerprint density at radius 3 is 2.54 bits per heavy atom. The van der Waals surface area contributed by atoms with Crippen molar-refractivity contribution in [2.24, 2.45) is 0 Å². The topological polar surface area (TPSA) is 84.9 Å². The molecule has 1 heterocycles. The molecule has 28 heavy (non-hydrogen) atoms. The number of carbonyl (C=O) groups is 1. The molecule has 0 radical (unpaired) electrons. The van der Waals surface area contributed by atoms with Crippen molar-refractivity contribution in [3.05, 3.63) is 47.8 Å². The Bertz CT molecular complexity index is 1010. The van der Waals surface area contributed by atoms with E-state index in [1.165, 1.54) is 43.4 Å². The van der Waals surface area contributed by atoms with Crippen LogP contribution in [0.1, 0.15) is 12.0 Å². The van der Waals surface area contributed by atoms with Gasteiger partial charge < -0.3 is 14.4 Å². The zero-order valence-electron chi connectivity index (χ0n) is 15.7. The van der Waals surface area contributed by atoms with Gasteiger partial charge in [0.15, 0.2) is 0 Å². The van der Waals surface area contributed by atoms with Gasteiger partial charge in [0, 0.05) is 18.3 Å². The molecule has 150 valence electrons. The summed E-state index contributed by atoms with van der Waals surface area (Å²) in [5.74, 6) is -0.263. The Kier molecular flexibility index (Phi) is 5.57. The summed E-state index contributed by atoms with van der Waals surface area (Å²) in [7, 11) is -1.25. The summed E-state index contributed by atoms with van der Waals surface area (Å²) in [4.78, 5) is 14.1. The van der Waals surface area contributed by atoms with Crippen LogP contribution in [0.5, 0.6) is 11.5 Å². The van der Waals surface area contributed by atoms with Crippen LogP contribution in [0.3, 0.4) is 0 Å². The zero-order chi connectivity index (χ0) is 20.5. The molecule has 1 N–H and O–H groups in total. The minimum atomic E-state index is -4.03. The van der Waals surface area contributed by atoms with Crippen molar-refractivity contribution in [1.29, 1.82) is 0 Å². The van der Waals surface area contributed by atoms with Crippen molar-refractivity contribution in [2.45, 2.75) is 24.3 Å². The van der Waals surface area contributed by atoms with E-state index in [-0.39, 0.29) is 16.5 Å². The maximum absolute atomic E-state index is 13.5. The quantitative estimate of drug-likeness (QED) is 0.792. The van der Waals surface area contributed by atoms with E-state index in [2.05, 4.69) is 4.72 Å². The van der Waals surface area contributed by atoms with Gasteiger partial charge in [0.1, 0.15) is 28.3 Å². The number of nitrogens with zero attached hydrogens (tertiary/aromatic N) is 1. The predicted molar refractivity (Wildman–Crippen MR) is 102 cm³/mol. The van der Waals surface area contributed by atoms with Crippen LogP contribution in [0.2, 0.25) is 0 Å². The minimum Gasteiger partial charge on any atom is -0.497 e. The molecule has 7 nitrogen and oxygen atoms in total. The van der Waals surface area contributed by atoms with Crippen LogP contribution in [-0.4, -0.2) is 41.1 Å². The molecule has 3 rings (SSSR count). The summed E-state index contributed by atoms with van der Waals surface area (Å²) in [5, 5.41) is 0. The summed E-state index contributed by atoms with van der Waals surface area (Å²) >= 11 is 0. The highest BCUT2D eigenvalue weighted by Gasteiger charge is 2.36. The van der Waals surface area contributed by atoms with E-state index in [9.17, 15) is 17.6 Å². The largest absolute Gasteiger partial charge is 0.497 e. The molecule has 1 aliphatic heterocycles. The molecule has 0 aromatic heterocycles. The molecule has 1 atom stereocenters. The van der Waals surface area contributed by atoms with E-state index >= 15 is 0 Å². The number of halogens is 1. The predicted octanol–water partition coefficient (Wildman–Crippen LogP) is 2.24. The van der Waals surface area contributed by atoms with E-state index in [0.717, 1.165) is 0 Å². The molecule has 2 aromatic carbocycles. The number of sulfonamides is 1. The lowest BCUT2D eigenvalue weighted by Crippen LogP contribution is -2.41. The van der Waals surface area contributed by atoms with Crippen molar-refractivity contribution in [3.8, 4) is 11.5 Å². The van der Waals surface area contributed by atoms with Gasteiger partial charge >= 0.3 is 0 Å². The first-order valence-electron chi connectivity index (χ1n) is 8.58. The van der Waals surface area contributed by atoms with Crippen molar-refractivity contribution in [3.63, 3.8) is 0 Å². The average molecular weight is 408 g/mol. The van der Waals surface area contributed by atoms with Gasteiger partial charge in [-0.2, -0.15) is 4.72 Å². The number of hydrogen-bond donors (Lipinski definition) is 1. The fourth-order valence-corrected chi connectivity index (χ4v) is 4.49. The van der Waals surface area contributed by atoms with Gasteiger partial charge in [-0.05, 0) is 49.2 Å². The van der Waals surface area contributed by atoms with Crippen LogP contribution in [-0.2, 0) is 14.8 Å². The van der Waals surface area contributed by atoms with Gasteiger partial charge in [-0.25, -0.2) is 12.8 Å². The van der Waals surface area contributed by atoms with Gasteiger partial charge in [-0.1, -0.05) is 0 Å². The summed E-state index contributed by atoms with van der Waals surface area (Å²) in [6, 6.07) is 7.83. The number of hydrogen-bond acceptors (Lipinski definition) is 5. The molecule has 1 aliphatic rings. The molecule has 0 aliphatic carbocycles. The third-order valence-electron chi connectivity index (χ3n) is 4.62. The number of benzene rings is 2. The SMILES string of the molecule is COc1ccc(OC)c(S(=O)(=O)NC2CCN(c3ccc(F)c(C)c3)C2=O)c1. The molecule has 2 aromatic rings. The Balaban J connectivity index is 1.84. The molecule has 1 saturated heterocycles. The summed E-state index contributed by atoms with van der Waals surface area (Å²) in [6.45, 7) is 1.93. The maximum atomic E-state index is 13.5. The average Bonchev–Trinajstić information content (AvgIpc) is 3.03. The van der Waals surface area contributed by atoms with Crippen LogP contribution < -0.4 is 19.1 Å². The smallest absolute Gasteiger partial charge is 0.245 e. The number of anilines is 1. The van der Waals surface area contributed by atoms with E-state index in [1.54, 1.807) is 19.1 Å². The molecule has 1 fully saturated rings. The highest BCUT2D eigenvalue weighted by Crippen LogP contribution is 2.30. The third kappa shape index (κ3) is 3.81. The Morgan fingerprint density at radius 1 is 1.14 bits per heavy atom. The summed E-state index contributed by atoms with van der Waals surface area (Å²) in [5.41, 5.74) is 0.944. The monoisotopic (exact) mass is 408 g/mol. The number of ether oxygens (including phenoxy) is 2. The standard InChI is InChI=1S/C19H21FN2O5S/c1-12-10-13(4-6-15(12)20)22-9-8-16(19(22)23)21-28(24,25)18-11-14(26-2)5-7-17(18)27-3/h4-7,10-11,16,21H,8-9H2,1-3H3. The van der Waals surface area contributed by atoms with Gasteiger partial charge in [0.2, 0.25) is 15.9 Å². The number of aryl methyl sites for hydroxylation is 1. The summed E-state index contributed by atoms with van der Waals surface area (Å²) in [6.07, 6.45) is 0.292. The molecule has 0 spiro atoms. The maximum Gasteiger partial charge on any atom is 0.245 e. The van der Waals surface area contributed by atoms with Crippen molar-refractivity contribution in [2.75, 3.05) is 25.7 Å². The zero-order valence-corrected chi connectivity index (χ0v) is 16.5. The molecule has 9 heteroatoms. The normalized spacial score (nSPS) is 17.1. The second kappa shape index (κ2) is 7.76. The van der Waals surface area contributed by atoms with Crippen LogP contribution >= 0.6 is 0 Å². The van der Waals surface area contributed by atoms with Crippen LogP contribution in [0, 0.1) is 12.7 Å². The number of methoxy groups -OCH3 is 2. The lowest BCUT2D eigenvalue weighted by Gasteiger charge is -2.18. The molecule has 1 unspecified atom stereocenters. The molecular formula is C19H21FN2O5S. The summed E-state index contributed by atoms with van der Waals surface area (Å²) < 4.78 is 51.9. The lowest BCUT2D eigenvalue weighted by atomic mass is 10.2. The van der Waals surface area contributed by atoms with Crippen molar-refractivity contribution < 1.29 is 27.1 Å². The number of nitrogens with one attached hydrogen (secondary N) is 1. The third-order valence-corrected chi connectivity index (χ3v) is 6.11. The number of rotatable bonds is 6. The minimum absolute atomic E-state index is 0.113. The van der Waals surface area contributed by atoms with Gasteiger partial charge in [-0.15, -0.1) is 0 Å². The van der Waals surface area contributed by atoms with Crippen LogP contribution in [0.4, 0.5) is 10.1 Å². The van der Waals surface area contributed by atoms with E-state index in [1.807, 2.05) is 0 Å². The first kappa shape index (κ1) is 20.1. The molecule has 0 bridgehead atoms. The highest BCUT2D eigenvalue weighted by molar-refractivity contribution is 7.89. The Morgan fingerprint density at radius 2 is 1.89 bits per heavy atom. The van der Waals surface area contributed by atoms with E-state index in [4.69, 9.17) is 9.47 Å². The fraction of sp³-hybridized carbons (Fsp3) is 0.316. The van der Waals surface area contributed by atoms with Crippen molar-refractivity contribution >= 4 is 21.6 Å². The van der Waals surface area contributed by atoms with Crippen molar-refractivity contribution in [1.82, 2.24) is 4.72 Å². The number of carbonyl (C=O) groups excluding carboxylic acids is 1. The Hall–Kier alpha value is -2.65. The second-order valence-corrected chi connectivity index (χ2v) is 8.09. The number of amides is 1. The van der Waals surface area contributed by atoms with Crippen LogP contribution in [0.25, 0.3) is 0 Å². The lowest BCUT2D eigenvalue weighted by molar-refractivity contribution is -0.118. The van der Waals surface area contributed by atoms with Gasteiger partial charge in [0.05, 0.1) is 14.2 Å². The first-order chi connectivity index (χ1) is 13.3. The van der Waals surface area contributed by atoms with E-state index in [0.29, 0.717) is 30.0 Å². The van der Waals surface area contributed by atoms with Gasteiger partial charge in [-0.3, -0.25) is 4.79 Å².